The van der Waals surface area contributed by atoms with E-state index in [9.17, 15) is 9.59 Å². The third-order valence-electron chi connectivity index (χ3n) is 2.87. The van der Waals surface area contributed by atoms with E-state index >= 15 is 0 Å². The maximum Gasteiger partial charge on any atom is 0.263 e. The Morgan fingerprint density at radius 2 is 2.05 bits per heavy atom. The van der Waals surface area contributed by atoms with E-state index in [4.69, 9.17) is 5.73 Å². The third kappa shape index (κ3) is 2.91. The summed E-state index contributed by atoms with van der Waals surface area (Å²) < 4.78 is 0.977. The average Bonchev–Trinajstić information content (AvgIpc) is 2.73. The van der Waals surface area contributed by atoms with Gasteiger partial charge in [0, 0.05) is 16.6 Å². The molecule has 2 aromatic rings. The summed E-state index contributed by atoms with van der Waals surface area (Å²) in [5.41, 5.74) is 7.59. The van der Waals surface area contributed by atoms with Crippen LogP contribution in [0.5, 0.6) is 0 Å². The summed E-state index contributed by atoms with van der Waals surface area (Å²) in [4.78, 5) is 23.8. The lowest BCUT2D eigenvalue weighted by Crippen LogP contribution is -2.36. The number of aryl methyl sites for hydroxylation is 1. The van der Waals surface area contributed by atoms with Crippen LogP contribution in [0, 0.1) is 6.92 Å². The smallest absolute Gasteiger partial charge is 0.263 e. The van der Waals surface area contributed by atoms with Crippen LogP contribution in [0.15, 0.2) is 18.2 Å². The van der Waals surface area contributed by atoms with Gasteiger partial charge in [-0.3, -0.25) is 9.59 Å². The van der Waals surface area contributed by atoms with E-state index in [1.807, 2.05) is 32.0 Å². The van der Waals surface area contributed by atoms with Crippen LogP contribution in [0.3, 0.4) is 0 Å². The second-order valence-electron chi connectivity index (χ2n) is 4.48. The van der Waals surface area contributed by atoms with Crippen molar-refractivity contribution >= 4 is 38.9 Å². The van der Waals surface area contributed by atoms with Crippen LogP contribution in [0.2, 0.25) is 0 Å². The lowest BCUT2D eigenvalue weighted by molar-refractivity contribution is -0.120. The van der Waals surface area contributed by atoms with E-state index in [0.717, 1.165) is 15.6 Å². The van der Waals surface area contributed by atoms with Crippen LogP contribution in [-0.2, 0) is 4.79 Å². The molecule has 0 atom stereocenters. The summed E-state index contributed by atoms with van der Waals surface area (Å²) in [6.45, 7) is 4.31. The van der Waals surface area contributed by atoms with Crippen molar-refractivity contribution in [1.29, 1.82) is 0 Å². The summed E-state index contributed by atoms with van der Waals surface area (Å²) in [6, 6.07) is 5.87. The molecule has 0 aliphatic heterocycles. The standard InChI is InChI=1S/C14H17N3O2S/c1-3-16-11(18)7-17-14(19)13-12(15)9-5-4-8(2)6-10(9)20-13/h4-6H,3,7,15H2,1-2H3,(H,16,18)(H,17,19). The number of likely N-dealkylation sites (N-methyl/N-ethyl adjacent to an activating group) is 1. The number of hydrogen-bond acceptors (Lipinski definition) is 4. The van der Waals surface area contributed by atoms with Crippen LogP contribution >= 0.6 is 11.3 Å². The fourth-order valence-corrected chi connectivity index (χ4v) is 3.03. The molecule has 2 amide bonds. The number of carbonyl (C=O) groups excluding carboxylic acids is 2. The van der Waals surface area contributed by atoms with E-state index in [1.54, 1.807) is 0 Å². The topological polar surface area (TPSA) is 84.2 Å². The van der Waals surface area contributed by atoms with Gasteiger partial charge in [0.25, 0.3) is 5.91 Å². The van der Waals surface area contributed by atoms with E-state index in [-0.39, 0.29) is 18.4 Å². The van der Waals surface area contributed by atoms with Crippen molar-refractivity contribution in [2.75, 3.05) is 18.8 Å². The molecule has 106 valence electrons. The fraction of sp³-hybridized carbons (Fsp3) is 0.286. The molecule has 5 nitrogen and oxygen atoms in total. The normalized spacial score (nSPS) is 10.5. The van der Waals surface area contributed by atoms with Gasteiger partial charge in [0.1, 0.15) is 4.88 Å². The summed E-state index contributed by atoms with van der Waals surface area (Å²) in [6.07, 6.45) is 0. The maximum absolute atomic E-state index is 12.1. The molecular formula is C14H17N3O2S. The van der Waals surface area contributed by atoms with Gasteiger partial charge in [-0.1, -0.05) is 12.1 Å². The Hall–Kier alpha value is -2.08. The Kier molecular flexibility index (Phi) is 4.24. The zero-order valence-electron chi connectivity index (χ0n) is 11.4. The summed E-state index contributed by atoms with van der Waals surface area (Å²) in [5, 5.41) is 6.08. The van der Waals surface area contributed by atoms with Crippen LogP contribution in [0.25, 0.3) is 10.1 Å². The highest BCUT2D eigenvalue weighted by molar-refractivity contribution is 7.21. The quantitative estimate of drug-likeness (QED) is 0.801. The molecule has 20 heavy (non-hydrogen) atoms. The average molecular weight is 291 g/mol. The highest BCUT2D eigenvalue weighted by Crippen LogP contribution is 2.33. The molecular weight excluding hydrogens is 274 g/mol. The van der Waals surface area contributed by atoms with Gasteiger partial charge < -0.3 is 16.4 Å². The van der Waals surface area contributed by atoms with E-state index in [1.165, 1.54) is 11.3 Å². The SMILES string of the molecule is CCNC(=O)CNC(=O)c1sc2cc(C)ccc2c1N. The molecule has 6 heteroatoms. The predicted molar refractivity (Wildman–Crippen MR) is 82.0 cm³/mol. The van der Waals surface area contributed by atoms with Crippen LogP contribution < -0.4 is 16.4 Å². The third-order valence-corrected chi connectivity index (χ3v) is 4.04. The number of rotatable bonds is 4. The lowest BCUT2D eigenvalue weighted by Gasteiger charge is -2.04. The highest BCUT2D eigenvalue weighted by atomic mass is 32.1. The first-order valence-corrected chi connectivity index (χ1v) is 7.18. The Morgan fingerprint density at radius 3 is 2.75 bits per heavy atom. The van der Waals surface area contributed by atoms with E-state index < -0.39 is 0 Å². The Labute approximate surface area is 121 Å². The van der Waals surface area contributed by atoms with Crippen LogP contribution in [-0.4, -0.2) is 24.9 Å². The van der Waals surface area contributed by atoms with Gasteiger partial charge >= 0.3 is 0 Å². The number of fused-ring (bicyclic) bond motifs is 1. The molecule has 1 aromatic carbocycles. The van der Waals surface area contributed by atoms with E-state index in [2.05, 4.69) is 10.6 Å². The monoisotopic (exact) mass is 291 g/mol. The van der Waals surface area contributed by atoms with Gasteiger partial charge in [-0.2, -0.15) is 0 Å². The number of hydrogen-bond donors (Lipinski definition) is 3. The number of thiophene rings is 1. The molecule has 0 saturated heterocycles. The molecule has 2 rings (SSSR count). The molecule has 0 fully saturated rings. The zero-order chi connectivity index (χ0) is 14.7. The van der Waals surface area contributed by atoms with Crippen LogP contribution in [0.1, 0.15) is 22.2 Å². The number of benzene rings is 1. The van der Waals surface area contributed by atoms with Gasteiger partial charge in [-0.15, -0.1) is 11.3 Å². The van der Waals surface area contributed by atoms with Crippen molar-refractivity contribution in [1.82, 2.24) is 10.6 Å². The number of nitrogen functional groups attached to an aromatic ring is 1. The van der Waals surface area contributed by atoms with Crippen molar-refractivity contribution in [3.8, 4) is 0 Å². The predicted octanol–water partition coefficient (Wildman–Crippen LogP) is 1.66. The largest absolute Gasteiger partial charge is 0.397 e. The Balaban J connectivity index is 2.18. The number of amides is 2. The van der Waals surface area contributed by atoms with E-state index in [0.29, 0.717) is 17.1 Å². The summed E-state index contributed by atoms with van der Waals surface area (Å²) in [5.74, 6) is -0.524. The molecule has 0 spiro atoms. The van der Waals surface area contributed by atoms with Gasteiger partial charge in [0.05, 0.1) is 12.2 Å². The second-order valence-corrected chi connectivity index (χ2v) is 5.53. The van der Waals surface area contributed by atoms with Crippen molar-refractivity contribution < 1.29 is 9.59 Å². The second kappa shape index (κ2) is 5.92. The molecule has 0 aliphatic carbocycles. The van der Waals surface area contributed by atoms with Crippen molar-refractivity contribution in [2.45, 2.75) is 13.8 Å². The summed E-state index contributed by atoms with van der Waals surface area (Å²) in [7, 11) is 0. The summed E-state index contributed by atoms with van der Waals surface area (Å²) >= 11 is 1.34. The number of nitrogens with two attached hydrogens (primary N) is 1. The Morgan fingerprint density at radius 1 is 1.30 bits per heavy atom. The first kappa shape index (κ1) is 14.3. The fourth-order valence-electron chi connectivity index (χ4n) is 1.89. The van der Waals surface area contributed by atoms with Gasteiger partial charge in [-0.25, -0.2) is 0 Å². The first-order valence-electron chi connectivity index (χ1n) is 6.36. The highest BCUT2D eigenvalue weighted by Gasteiger charge is 2.16. The van der Waals surface area contributed by atoms with Gasteiger partial charge in [0.15, 0.2) is 0 Å². The van der Waals surface area contributed by atoms with Gasteiger partial charge in [-0.05, 0) is 25.5 Å². The molecule has 0 aliphatic rings. The maximum atomic E-state index is 12.1. The minimum absolute atomic E-state index is 0.0423. The molecule has 1 aromatic heterocycles. The minimum Gasteiger partial charge on any atom is -0.397 e. The number of anilines is 1. The Bertz CT molecular complexity index is 664. The molecule has 4 N–H and O–H groups in total. The first-order chi connectivity index (χ1) is 9.52. The number of carbonyl (C=O) groups is 2. The molecule has 1 heterocycles. The minimum atomic E-state index is -0.312. The number of nitrogens with one attached hydrogen (secondary N) is 2. The van der Waals surface area contributed by atoms with Crippen molar-refractivity contribution in [3.05, 3.63) is 28.6 Å². The molecule has 0 radical (unpaired) electrons. The van der Waals surface area contributed by atoms with Crippen molar-refractivity contribution in [2.24, 2.45) is 0 Å². The zero-order valence-corrected chi connectivity index (χ0v) is 12.3. The molecule has 0 saturated carbocycles. The van der Waals surface area contributed by atoms with Crippen molar-refractivity contribution in [3.63, 3.8) is 0 Å². The molecule has 0 unspecified atom stereocenters. The molecule has 0 bridgehead atoms. The van der Waals surface area contributed by atoms with Gasteiger partial charge in [0.2, 0.25) is 5.91 Å². The van der Waals surface area contributed by atoms with Crippen LogP contribution in [0.4, 0.5) is 5.69 Å². The lowest BCUT2D eigenvalue weighted by atomic mass is 10.1.